The predicted octanol–water partition coefficient (Wildman–Crippen LogP) is 4.76. The minimum absolute atomic E-state index is 0.236. The Bertz CT molecular complexity index is 821. The third-order valence-electron chi connectivity index (χ3n) is 5.91. The maximum Gasteiger partial charge on any atom is 0.410 e. The van der Waals surface area contributed by atoms with Gasteiger partial charge in [-0.05, 0) is 42.5 Å². The molecule has 1 amide bonds. The molecule has 2 aromatic rings. The van der Waals surface area contributed by atoms with Crippen molar-refractivity contribution in [1.29, 1.82) is 0 Å². The molecule has 2 aromatic carbocycles. The van der Waals surface area contributed by atoms with Gasteiger partial charge in [-0.2, -0.15) is 0 Å². The molecule has 1 heterocycles. The number of carbonyl (C=O) groups is 1. The maximum atomic E-state index is 12.1. The summed E-state index contributed by atoms with van der Waals surface area (Å²) in [6, 6.07) is 19.1. The maximum absolute atomic E-state index is 12.1. The molecule has 1 aliphatic rings. The molecular weight excluding hydrogens is 422 g/mol. The van der Waals surface area contributed by atoms with Crippen LogP contribution in [0.4, 0.5) is 4.79 Å². The normalized spacial score (nSPS) is 14.5. The third-order valence-corrected chi connectivity index (χ3v) is 6.16. The van der Waals surface area contributed by atoms with Gasteiger partial charge in [-0.15, -0.1) is 0 Å². The Balaban J connectivity index is 1.51. The quantitative estimate of drug-likeness (QED) is 0.392. The highest BCUT2D eigenvalue weighted by molar-refractivity contribution is 6.30. The Labute approximate surface area is 197 Å². The van der Waals surface area contributed by atoms with E-state index >= 15 is 0 Å². The molecule has 32 heavy (non-hydrogen) atoms. The van der Waals surface area contributed by atoms with Crippen molar-refractivity contribution in [2.24, 2.45) is 0 Å². The van der Waals surface area contributed by atoms with E-state index in [1.807, 2.05) is 23.1 Å². The van der Waals surface area contributed by atoms with E-state index in [1.165, 1.54) is 11.1 Å². The molecule has 0 aliphatic carbocycles. The second kappa shape index (κ2) is 13.3. The lowest BCUT2D eigenvalue weighted by molar-refractivity contribution is 0.0781. The molecule has 0 atom stereocenters. The Hall–Kier alpha value is -2.34. The van der Waals surface area contributed by atoms with Gasteiger partial charge in [0.15, 0.2) is 0 Å². The van der Waals surface area contributed by atoms with Crippen LogP contribution in [0.25, 0.3) is 0 Å². The molecule has 5 nitrogen and oxygen atoms in total. The number of halogens is 1. The fourth-order valence-electron chi connectivity index (χ4n) is 4.09. The first-order valence-electron chi connectivity index (χ1n) is 11.4. The molecule has 6 heteroatoms. The Morgan fingerprint density at radius 3 is 2.50 bits per heavy atom. The van der Waals surface area contributed by atoms with Gasteiger partial charge in [-0.1, -0.05) is 66.7 Å². The molecule has 1 saturated heterocycles. The summed E-state index contributed by atoms with van der Waals surface area (Å²) in [6.07, 6.45) is 4.27. The first kappa shape index (κ1) is 24.3. The van der Waals surface area contributed by atoms with Crippen LogP contribution in [-0.4, -0.2) is 61.3 Å². The molecule has 172 valence electrons. The first-order chi connectivity index (χ1) is 15.7. The second-order valence-corrected chi connectivity index (χ2v) is 8.60. The first-order valence-corrected chi connectivity index (χ1v) is 11.8. The summed E-state index contributed by atoms with van der Waals surface area (Å²) in [7, 11) is 0. The summed E-state index contributed by atoms with van der Waals surface area (Å²) < 4.78 is 5.20. The van der Waals surface area contributed by atoms with E-state index in [9.17, 15) is 4.79 Å². The van der Waals surface area contributed by atoms with Gasteiger partial charge in [0.25, 0.3) is 0 Å². The number of rotatable bonds is 11. The molecule has 1 N–H and O–H groups in total. The SMILES string of the molecule is C=CCOC(=O)N1CCC(N(CCNCc2ccccc2)CCc2ccc(Cl)cc2)CC1. The average molecular weight is 456 g/mol. The number of carbonyl (C=O) groups excluding carboxylic acids is 1. The van der Waals surface area contributed by atoms with E-state index in [0.717, 1.165) is 63.6 Å². The van der Waals surface area contributed by atoms with Crippen LogP contribution in [0.2, 0.25) is 5.02 Å². The number of nitrogens with one attached hydrogen (secondary N) is 1. The van der Waals surface area contributed by atoms with Crippen molar-refractivity contribution in [1.82, 2.24) is 15.1 Å². The number of likely N-dealkylation sites (tertiary alicyclic amines) is 1. The van der Waals surface area contributed by atoms with Gasteiger partial charge < -0.3 is 15.0 Å². The number of piperidine rings is 1. The predicted molar refractivity (Wildman–Crippen MR) is 131 cm³/mol. The van der Waals surface area contributed by atoms with E-state index < -0.39 is 0 Å². The van der Waals surface area contributed by atoms with Crippen LogP contribution in [0.15, 0.2) is 67.3 Å². The average Bonchev–Trinajstić information content (AvgIpc) is 2.84. The monoisotopic (exact) mass is 455 g/mol. The number of nitrogens with zero attached hydrogens (tertiary/aromatic N) is 2. The van der Waals surface area contributed by atoms with Crippen LogP contribution in [0, 0.1) is 0 Å². The lowest BCUT2D eigenvalue weighted by Gasteiger charge is -2.38. The van der Waals surface area contributed by atoms with Crippen molar-refractivity contribution < 1.29 is 9.53 Å². The second-order valence-electron chi connectivity index (χ2n) is 8.16. The minimum Gasteiger partial charge on any atom is -0.445 e. The van der Waals surface area contributed by atoms with Crippen molar-refractivity contribution in [2.75, 3.05) is 39.3 Å². The molecule has 0 radical (unpaired) electrons. The zero-order chi connectivity index (χ0) is 22.6. The molecule has 3 rings (SSSR count). The number of hydrogen-bond donors (Lipinski definition) is 1. The van der Waals surface area contributed by atoms with Crippen LogP contribution in [0.1, 0.15) is 24.0 Å². The van der Waals surface area contributed by atoms with Gasteiger partial charge in [-0.25, -0.2) is 4.79 Å². The molecule has 0 bridgehead atoms. The van der Waals surface area contributed by atoms with Gasteiger partial charge >= 0.3 is 6.09 Å². The summed E-state index contributed by atoms with van der Waals surface area (Å²) in [5, 5.41) is 4.34. The Morgan fingerprint density at radius 2 is 1.81 bits per heavy atom. The van der Waals surface area contributed by atoms with Gasteiger partial charge in [-0.3, -0.25) is 4.90 Å². The van der Waals surface area contributed by atoms with Gasteiger partial charge in [0.2, 0.25) is 0 Å². The zero-order valence-corrected chi connectivity index (χ0v) is 19.5. The van der Waals surface area contributed by atoms with Crippen LogP contribution >= 0.6 is 11.6 Å². The Kier molecular flexibility index (Phi) is 10.1. The van der Waals surface area contributed by atoms with E-state index in [1.54, 1.807) is 6.08 Å². The summed E-state index contributed by atoms with van der Waals surface area (Å²) >= 11 is 6.04. The zero-order valence-electron chi connectivity index (χ0n) is 18.7. The molecule has 0 spiro atoms. The van der Waals surface area contributed by atoms with Crippen molar-refractivity contribution in [3.8, 4) is 0 Å². The van der Waals surface area contributed by atoms with Crippen LogP contribution < -0.4 is 5.32 Å². The lowest BCUT2D eigenvalue weighted by atomic mass is 10.0. The minimum atomic E-state index is -0.236. The van der Waals surface area contributed by atoms with E-state index in [0.29, 0.717) is 6.04 Å². The summed E-state index contributed by atoms with van der Waals surface area (Å²) in [5.74, 6) is 0. The fraction of sp³-hybridized carbons (Fsp3) is 0.423. The molecule has 0 saturated carbocycles. The molecular formula is C26H34ClN3O2. The van der Waals surface area contributed by atoms with Crippen molar-refractivity contribution >= 4 is 17.7 Å². The van der Waals surface area contributed by atoms with Gasteiger partial charge in [0.05, 0.1) is 0 Å². The number of amides is 1. The highest BCUT2D eigenvalue weighted by atomic mass is 35.5. The van der Waals surface area contributed by atoms with Crippen molar-refractivity contribution in [3.63, 3.8) is 0 Å². The molecule has 1 aliphatic heterocycles. The largest absolute Gasteiger partial charge is 0.445 e. The van der Waals surface area contributed by atoms with Gasteiger partial charge in [0.1, 0.15) is 6.61 Å². The fourth-order valence-corrected chi connectivity index (χ4v) is 4.21. The highest BCUT2D eigenvalue weighted by Crippen LogP contribution is 2.18. The molecule has 0 aromatic heterocycles. The summed E-state index contributed by atoms with van der Waals surface area (Å²) in [6.45, 7) is 9.10. The number of benzene rings is 2. The standard InChI is InChI=1S/C26H34ClN3O2/c1-2-20-32-26(31)30-17-13-25(14-18-30)29(16-12-22-8-10-24(27)11-9-22)19-15-28-21-23-6-4-3-5-7-23/h2-11,25,28H,1,12-21H2. The van der Waals surface area contributed by atoms with E-state index in [2.05, 4.69) is 53.2 Å². The van der Waals surface area contributed by atoms with Crippen molar-refractivity contribution in [2.45, 2.75) is 31.8 Å². The number of ether oxygens (including phenoxy) is 1. The van der Waals surface area contributed by atoms with Crippen molar-refractivity contribution in [3.05, 3.63) is 83.4 Å². The van der Waals surface area contributed by atoms with E-state index in [4.69, 9.17) is 16.3 Å². The Morgan fingerprint density at radius 1 is 1.09 bits per heavy atom. The summed E-state index contributed by atoms with van der Waals surface area (Å²) in [4.78, 5) is 16.5. The highest BCUT2D eigenvalue weighted by Gasteiger charge is 2.27. The van der Waals surface area contributed by atoms with E-state index in [-0.39, 0.29) is 12.7 Å². The lowest BCUT2D eigenvalue weighted by Crippen LogP contribution is -2.49. The van der Waals surface area contributed by atoms with Crippen LogP contribution in [0.5, 0.6) is 0 Å². The molecule has 0 unspecified atom stereocenters. The smallest absolute Gasteiger partial charge is 0.410 e. The summed E-state index contributed by atoms with van der Waals surface area (Å²) in [5.41, 5.74) is 2.59. The molecule has 1 fully saturated rings. The van der Waals surface area contributed by atoms with Crippen LogP contribution in [0.3, 0.4) is 0 Å². The third kappa shape index (κ3) is 7.97. The van der Waals surface area contributed by atoms with Crippen LogP contribution in [-0.2, 0) is 17.7 Å². The van der Waals surface area contributed by atoms with Gasteiger partial charge in [0, 0.05) is 50.3 Å². The number of hydrogen-bond acceptors (Lipinski definition) is 4. The topological polar surface area (TPSA) is 44.8 Å².